The van der Waals surface area contributed by atoms with Gasteiger partial charge in [-0.2, -0.15) is 0 Å². The van der Waals surface area contributed by atoms with Gasteiger partial charge < -0.3 is 4.42 Å². The second kappa shape index (κ2) is 12.2. The van der Waals surface area contributed by atoms with Crippen molar-refractivity contribution in [2.45, 2.75) is 0 Å². The second-order valence-corrected chi connectivity index (χ2v) is 12.2. The van der Waals surface area contributed by atoms with Crippen molar-refractivity contribution in [3.8, 4) is 67.3 Å². The van der Waals surface area contributed by atoms with E-state index in [9.17, 15) is 0 Å². The molecule has 3 heteroatoms. The first-order valence-electron chi connectivity index (χ1n) is 16.5. The molecule has 9 rings (SSSR count). The first-order chi connectivity index (χ1) is 24.3. The normalized spacial score (nSPS) is 11.3. The number of fused-ring (bicyclic) bond motifs is 3. The molecule has 2 aromatic heterocycles. The van der Waals surface area contributed by atoms with Gasteiger partial charge in [0.15, 0.2) is 5.82 Å². The van der Waals surface area contributed by atoms with Gasteiger partial charge in [0, 0.05) is 33.0 Å². The molecular weight excluding hydrogens is 597 g/mol. The third kappa shape index (κ3) is 5.38. The van der Waals surface area contributed by atoms with Gasteiger partial charge in [-0.25, -0.2) is 9.97 Å². The Bertz CT molecular complexity index is 2500. The smallest absolute Gasteiger partial charge is 0.160 e. The molecule has 0 bridgehead atoms. The van der Waals surface area contributed by atoms with Crippen LogP contribution in [-0.2, 0) is 0 Å². The Labute approximate surface area is 284 Å². The van der Waals surface area contributed by atoms with E-state index in [-0.39, 0.29) is 0 Å². The molecule has 0 spiro atoms. The van der Waals surface area contributed by atoms with Crippen LogP contribution < -0.4 is 0 Å². The van der Waals surface area contributed by atoms with Crippen LogP contribution in [-0.4, -0.2) is 9.97 Å². The van der Waals surface area contributed by atoms with Crippen LogP contribution in [0.1, 0.15) is 0 Å². The molecule has 0 unspecified atom stereocenters. The lowest BCUT2D eigenvalue weighted by atomic mass is 9.91. The van der Waals surface area contributed by atoms with Crippen molar-refractivity contribution in [3.05, 3.63) is 182 Å². The van der Waals surface area contributed by atoms with Crippen LogP contribution in [0.25, 0.3) is 89.2 Å². The summed E-state index contributed by atoms with van der Waals surface area (Å²) in [6, 6.07) is 63.2. The first-order valence-corrected chi connectivity index (χ1v) is 16.5. The summed E-state index contributed by atoms with van der Waals surface area (Å²) >= 11 is 0. The van der Waals surface area contributed by atoms with Crippen LogP contribution in [0.4, 0.5) is 0 Å². The van der Waals surface area contributed by atoms with Gasteiger partial charge in [-0.05, 0) is 46.0 Å². The number of hydrogen-bond acceptors (Lipinski definition) is 3. The Morgan fingerprint density at radius 2 is 0.837 bits per heavy atom. The molecule has 0 atom stereocenters. The van der Waals surface area contributed by atoms with E-state index in [2.05, 4.69) is 127 Å². The number of para-hydroxylation sites is 1. The van der Waals surface area contributed by atoms with E-state index in [0.29, 0.717) is 5.82 Å². The second-order valence-electron chi connectivity index (χ2n) is 12.2. The van der Waals surface area contributed by atoms with E-state index in [1.807, 2.05) is 54.6 Å². The summed E-state index contributed by atoms with van der Waals surface area (Å²) in [4.78, 5) is 10.0. The molecule has 0 saturated heterocycles. The molecule has 9 aromatic rings. The third-order valence-corrected chi connectivity index (χ3v) is 9.15. The number of nitrogens with zero attached hydrogens (tertiary/aromatic N) is 2. The lowest BCUT2D eigenvalue weighted by molar-refractivity contribution is 0.670. The van der Waals surface area contributed by atoms with Crippen LogP contribution in [0.3, 0.4) is 0 Å². The number of rotatable bonds is 6. The molecule has 0 amide bonds. The van der Waals surface area contributed by atoms with E-state index >= 15 is 0 Å². The maximum atomic E-state index is 6.62. The minimum Gasteiger partial charge on any atom is -0.455 e. The van der Waals surface area contributed by atoms with Crippen molar-refractivity contribution in [2.24, 2.45) is 0 Å². The number of aromatic nitrogens is 2. The van der Waals surface area contributed by atoms with Crippen LogP contribution in [0.15, 0.2) is 186 Å². The van der Waals surface area contributed by atoms with Crippen LogP contribution >= 0.6 is 0 Å². The maximum Gasteiger partial charge on any atom is 0.160 e. The van der Waals surface area contributed by atoms with Crippen molar-refractivity contribution in [1.29, 1.82) is 0 Å². The summed E-state index contributed by atoms with van der Waals surface area (Å²) in [5, 5.41) is 2.22. The fraction of sp³-hybridized carbons (Fsp3) is 0. The predicted octanol–water partition coefficient (Wildman–Crippen LogP) is 12.4. The fourth-order valence-corrected chi connectivity index (χ4v) is 6.66. The predicted molar refractivity (Wildman–Crippen MR) is 202 cm³/mol. The fourth-order valence-electron chi connectivity index (χ4n) is 6.66. The summed E-state index contributed by atoms with van der Waals surface area (Å²) in [6.07, 6.45) is 0. The molecule has 49 heavy (non-hydrogen) atoms. The van der Waals surface area contributed by atoms with Crippen molar-refractivity contribution in [2.75, 3.05) is 0 Å². The molecule has 0 radical (unpaired) electrons. The molecule has 0 aliphatic carbocycles. The van der Waals surface area contributed by atoms with Gasteiger partial charge in [-0.3, -0.25) is 0 Å². The highest BCUT2D eigenvalue weighted by atomic mass is 16.3. The van der Waals surface area contributed by atoms with Crippen molar-refractivity contribution < 1.29 is 4.42 Å². The zero-order valence-corrected chi connectivity index (χ0v) is 26.6. The minimum atomic E-state index is 0.703. The van der Waals surface area contributed by atoms with Crippen LogP contribution in [0.5, 0.6) is 0 Å². The lowest BCUT2D eigenvalue weighted by Crippen LogP contribution is -1.96. The number of hydrogen-bond donors (Lipinski definition) is 0. The average molecular weight is 627 g/mol. The minimum absolute atomic E-state index is 0.703. The average Bonchev–Trinajstić information content (AvgIpc) is 3.57. The molecule has 230 valence electrons. The number of benzene rings is 7. The molecule has 0 aliphatic heterocycles. The highest BCUT2D eigenvalue weighted by molar-refractivity contribution is 6.12. The Morgan fingerprint density at radius 1 is 0.347 bits per heavy atom. The summed E-state index contributed by atoms with van der Waals surface area (Å²) in [7, 11) is 0. The van der Waals surface area contributed by atoms with Gasteiger partial charge >= 0.3 is 0 Å². The van der Waals surface area contributed by atoms with Gasteiger partial charge in [0.25, 0.3) is 0 Å². The molecule has 0 aliphatic rings. The zero-order chi connectivity index (χ0) is 32.6. The van der Waals surface area contributed by atoms with E-state index in [0.717, 1.165) is 72.3 Å². The quantitative estimate of drug-likeness (QED) is 0.184. The van der Waals surface area contributed by atoms with Gasteiger partial charge in [-0.15, -0.1) is 0 Å². The first kappa shape index (κ1) is 28.6. The standard InChI is InChI=1S/C46H30N2O/c1-4-12-31(13-5-1)32-20-22-33(23-21-32)38-28-29-40-39-18-10-11-19-43(39)49-45(40)44(38)36-26-24-35(25-27-36)42-30-41(34-14-6-2-7-15-34)47-46(48-42)37-16-8-3-9-17-37/h1-30H. The summed E-state index contributed by atoms with van der Waals surface area (Å²) in [5.74, 6) is 0.703. The monoisotopic (exact) mass is 626 g/mol. The molecule has 7 aromatic carbocycles. The Kier molecular flexibility index (Phi) is 7.14. The van der Waals surface area contributed by atoms with Crippen molar-refractivity contribution >= 4 is 21.9 Å². The van der Waals surface area contributed by atoms with E-state index < -0.39 is 0 Å². The molecular formula is C46H30N2O. The van der Waals surface area contributed by atoms with Crippen molar-refractivity contribution in [1.82, 2.24) is 9.97 Å². The lowest BCUT2D eigenvalue weighted by Gasteiger charge is -2.13. The summed E-state index contributed by atoms with van der Waals surface area (Å²) < 4.78 is 6.62. The Morgan fingerprint density at radius 3 is 1.51 bits per heavy atom. The number of furan rings is 1. The largest absolute Gasteiger partial charge is 0.455 e. The summed E-state index contributed by atoms with van der Waals surface area (Å²) in [5.41, 5.74) is 13.4. The third-order valence-electron chi connectivity index (χ3n) is 9.15. The Hall–Kier alpha value is -6.58. The highest BCUT2D eigenvalue weighted by Crippen LogP contribution is 2.43. The van der Waals surface area contributed by atoms with E-state index in [4.69, 9.17) is 14.4 Å². The van der Waals surface area contributed by atoms with Gasteiger partial charge in [0.05, 0.1) is 11.4 Å². The zero-order valence-electron chi connectivity index (χ0n) is 26.6. The van der Waals surface area contributed by atoms with Crippen molar-refractivity contribution in [3.63, 3.8) is 0 Å². The van der Waals surface area contributed by atoms with Crippen LogP contribution in [0, 0.1) is 0 Å². The molecule has 0 fully saturated rings. The van der Waals surface area contributed by atoms with Gasteiger partial charge in [0.1, 0.15) is 11.2 Å². The SMILES string of the molecule is c1ccc(-c2ccc(-c3ccc4c(oc5ccccc54)c3-c3ccc(-c4cc(-c5ccccc5)nc(-c5ccccc5)n4)cc3)cc2)cc1. The van der Waals surface area contributed by atoms with Crippen LogP contribution in [0.2, 0.25) is 0 Å². The van der Waals surface area contributed by atoms with Gasteiger partial charge in [-0.1, -0.05) is 164 Å². The van der Waals surface area contributed by atoms with Gasteiger partial charge in [0.2, 0.25) is 0 Å². The van der Waals surface area contributed by atoms with E-state index in [1.165, 1.54) is 11.1 Å². The topological polar surface area (TPSA) is 38.9 Å². The highest BCUT2D eigenvalue weighted by Gasteiger charge is 2.18. The molecule has 3 nitrogen and oxygen atoms in total. The molecule has 0 N–H and O–H groups in total. The summed E-state index contributed by atoms with van der Waals surface area (Å²) in [6.45, 7) is 0. The molecule has 0 saturated carbocycles. The Balaban J connectivity index is 1.18. The van der Waals surface area contributed by atoms with E-state index in [1.54, 1.807) is 0 Å². The maximum absolute atomic E-state index is 6.62. The molecule has 2 heterocycles.